The SMILES string of the molecule is COc1ccc(C(C)(C)CON)cn1. The highest BCUT2D eigenvalue weighted by Crippen LogP contribution is 2.23. The van der Waals surface area contributed by atoms with Gasteiger partial charge in [-0.25, -0.2) is 10.9 Å². The number of nitrogens with two attached hydrogens (primary N) is 1. The Kier molecular flexibility index (Phi) is 3.43. The van der Waals surface area contributed by atoms with Crippen LogP contribution in [0.2, 0.25) is 0 Å². The predicted molar refractivity (Wildman–Crippen MR) is 54.0 cm³/mol. The first kappa shape index (κ1) is 10.9. The van der Waals surface area contributed by atoms with Gasteiger partial charge in [-0.3, -0.25) is 0 Å². The lowest BCUT2D eigenvalue weighted by Crippen LogP contribution is -2.26. The molecule has 0 saturated carbocycles. The molecule has 4 heteroatoms. The number of pyridine rings is 1. The summed E-state index contributed by atoms with van der Waals surface area (Å²) in [5.74, 6) is 5.67. The van der Waals surface area contributed by atoms with Crippen molar-refractivity contribution in [1.82, 2.24) is 4.98 Å². The van der Waals surface area contributed by atoms with Crippen molar-refractivity contribution in [3.05, 3.63) is 23.9 Å². The Morgan fingerprint density at radius 3 is 2.57 bits per heavy atom. The summed E-state index contributed by atoms with van der Waals surface area (Å²) in [6.07, 6.45) is 1.78. The van der Waals surface area contributed by atoms with Crippen LogP contribution >= 0.6 is 0 Å². The third-order valence-electron chi connectivity index (χ3n) is 2.17. The monoisotopic (exact) mass is 196 g/mol. The van der Waals surface area contributed by atoms with Gasteiger partial charge in [-0.1, -0.05) is 19.9 Å². The van der Waals surface area contributed by atoms with Crippen LogP contribution in [-0.4, -0.2) is 18.7 Å². The zero-order chi connectivity index (χ0) is 10.6. The standard InChI is InChI=1S/C10H16N2O2/c1-10(2,7-14-11)8-4-5-9(13-3)12-6-8/h4-6H,7,11H2,1-3H3. The van der Waals surface area contributed by atoms with E-state index in [0.717, 1.165) is 5.56 Å². The molecule has 4 nitrogen and oxygen atoms in total. The maximum Gasteiger partial charge on any atom is 0.212 e. The van der Waals surface area contributed by atoms with Crippen molar-refractivity contribution >= 4 is 0 Å². The summed E-state index contributed by atoms with van der Waals surface area (Å²) in [5.41, 5.74) is 0.942. The molecule has 78 valence electrons. The molecule has 1 heterocycles. The maximum atomic E-state index is 5.06. The minimum Gasteiger partial charge on any atom is -0.481 e. The predicted octanol–water partition coefficient (Wildman–Crippen LogP) is 1.26. The van der Waals surface area contributed by atoms with Crippen molar-refractivity contribution in [2.45, 2.75) is 19.3 Å². The fourth-order valence-electron chi connectivity index (χ4n) is 1.19. The Morgan fingerprint density at radius 2 is 2.14 bits per heavy atom. The molecule has 1 aromatic heterocycles. The lowest BCUT2D eigenvalue weighted by Gasteiger charge is -2.23. The Morgan fingerprint density at radius 1 is 1.43 bits per heavy atom. The van der Waals surface area contributed by atoms with Gasteiger partial charge in [0.25, 0.3) is 0 Å². The van der Waals surface area contributed by atoms with Gasteiger partial charge in [0.2, 0.25) is 5.88 Å². The maximum absolute atomic E-state index is 5.06. The van der Waals surface area contributed by atoms with Crippen LogP contribution in [0.5, 0.6) is 5.88 Å². The molecule has 1 aromatic rings. The van der Waals surface area contributed by atoms with Gasteiger partial charge in [-0.15, -0.1) is 0 Å². The summed E-state index contributed by atoms with van der Waals surface area (Å²) in [4.78, 5) is 8.79. The molecule has 0 fully saturated rings. The van der Waals surface area contributed by atoms with Crippen LogP contribution < -0.4 is 10.6 Å². The molecule has 0 aromatic carbocycles. The number of hydrogen-bond acceptors (Lipinski definition) is 4. The van der Waals surface area contributed by atoms with Gasteiger partial charge in [0.05, 0.1) is 13.7 Å². The van der Waals surface area contributed by atoms with E-state index in [4.69, 9.17) is 10.6 Å². The first-order chi connectivity index (χ1) is 6.60. The van der Waals surface area contributed by atoms with E-state index in [9.17, 15) is 0 Å². The zero-order valence-corrected chi connectivity index (χ0v) is 8.78. The van der Waals surface area contributed by atoms with Gasteiger partial charge in [0, 0.05) is 17.7 Å². The van der Waals surface area contributed by atoms with Gasteiger partial charge in [0.1, 0.15) is 0 Å². The molecular formula is C10H16N2O2. The number of methoxy groups -OCH3 is 1. The average molecular weight is 196 g/mol. The number of aromatic nitrogens is 1. The molecule has 14 heavy (non-hydrogen) atoms. The van der Waals surface area contributed by atoms with Gasteiger partial charge < -0.3 is 9.57 Å². The van der Waals surface area contributed by atoms with Crippen molar-refractivity contribution < 1.29 is 9.57 Å². The van der Waals surface area contributed by atoms with Crippen LogP contribution in [0.3, 0.4) is 0 Å². The molecule has 0 saturated heterocycles. The fourth-order valence-corrected chi connectivity index (χ4v) is 1.19. The van der Waals surface area contributed by atoms with E-state index < -0.39 is 0 Å². The molecule has 0 amide bonds. The second kappa shape index (κ2) is 4.39. The van der Waals surface area contributed by atoms with Gasteiger partial charge in [-0.05, 0) is 5.56 Å². The van der Waals surface area contributed by atoms with Crippen LogP contribution in [0.1, 0.15) is 19.4 Å². The van der Waals surface area contributed by atoms with E-state index in [2.05, 4.69) is 9.82 Å². The summed E-state index contributed by atoms with van der Waals surface area (Å²) < 4.78 is 4.97. The summed E-state index contributed by atoms with van der Waals surface area (Å²) in [6.45, 7) is 4.55. The van der Waals surface area contributed by atoms with Gasteiger partial charge >= 0.3 is 0 Å². The van der Waals surface area contributed by atoms with Crippen molar-refractivity contribution in [3.63, 3.8) is 0 Å². The second-order valence-electron chi connectivity index (χ2n) is 3.78. The minimum absolute atomic E-state index is 0.131. The molecule has 1 rings (SSSR count). The van der Waals surface area contributed by atoms with E-state index in [1.54, 1.807) is 13.3 Å². The molecule has 0 unspecified atom stereocenters. The van der Waals surface area contributed by atoms with Crippen LogP contribution in [0.15, 0.2) is 18.3 Å². The second-order valence-corrected chi connectivity index (χ2v) is 3.78. The quantitative estimate of drug-likeness (QED) is 0.736. The third kappa shape index (κ3) is 2.43. The molecule has 2 N–H and O–H groups in total. The highest BCUT2D eigenvalue weighted by atomic mass is 16.6. The van der Waals surface area contributed by atoms with Crippen LogP contribution in [0, 0.1) is 0 Å². The van der Waals surface area contributed by atoms with Crippen molar-refractivity contribution in [2.24, 2.45) is 5.90 Å². The summed E-state index contributed by atoms with van der Waals surface area (Å²) in [5, 5.41) is 0. The molecular weight excluding hydrogens is 180 g/mol. The average Bonchev–Trinajstić information content (AvgIpc) is 2.18. The van der Waals surface area contributed by atoms with Crippen LogP contribution in [0.4, 0.5) is 0 Å². The Balaban J connectivity index is 2.85. The molecule has 0 bridgehead atoms. The van der Waals surface area contributed by atoms with Gasteiger partial charge in [0.15, 0.2) is 0 Å². The fraction of sp³-hybridized carbons (Fsp3) is 0.500. The Hall–Kier alpha value is -1.13. The van der Waals surface area contributed by atoms with E-state index in [-0.39, 0.29) is 5.41 Å². The molecule has 0 atom stereocenters. The smallest absolute Gasteiger partial charge is 0.212 e. The van der Waals surface area contributed by atoms with E-state index in [1.165, 1.54) is 0 Å². The van der Waals surface area contributed by atoms with Gasteiger partial charge in [-0.2, -0.15) is 0 Å². The molecule has 0 aliphatic heterocycles. The number of hydrogen-bond donors (Lipinski definition) is 1. The van der Waals surface area contributed by atoms with E-state index in [1.807, 2.05) is 26.0 Å². The molecule has 0 aliphatic carbocycles. The van der Waals surface area contributed by atoms with Crippen molar-refractivity contribution in [3.8, 4) is 5.88 Å². The highest BCUT2D eigenvalue weighted by Gasteiger charge is 2.21. The normalized spacial score (nSPS) is 11.4. The number of ether oxygens (including phenoxy) is 1. The number of nitrogens with zero attached hydrogens (tertiary/aromatic N) is 1. The number of rotatable bonds is 4. The lowest BCUT2D eigenvalue weighted by atomic mass is 9.87. The third-order valence-corrected chi connectivity index (χ3v) is 2.17. The van der Waals surface area contributed by atoms with Crippen molar-refractivity contribution in [2.75, 3.05) is 13.7 Å². The van der Waals surface area contributed by atoms with E-state index in [0.29, 0.717) is 12.5 Å². The Labute approximate surface area is 84.0 Å². The largest absolute Gasteiger partial charge is 0.481 e. The summed E-state index contributed by atoms with van der Waals surface area (Å²) in [6, 6.07) is 3.79. The first-order valence-corrected chi connectivity index (χ1v) is 4.42. The summed E-state index contributed by atoms with van der Waals surface area (Å²) >= 11 is 0. The molecule has 0 radical (unpaired) electrons. The summed E-state index contributed by atoms with van der Waals surface area (Å²) in [7, 11) is 1.59. The first-order valence-electron chi connectivity index (χ1n) is 4.42. The highest BCUT2D eigenvalue weighted by molar-refractivity contribution is 5.24. The van der Waals surface area contributed by atoms with E-state index >= 15 is 0 Å². The Bertz CT molecular complexity index is 283. The topological polar surface area (TPSA) is 57.4 Å². The van der Waals surface area contributed by atoms with Crippen molar-refractivity contribution in [1.29, 1.82) is 0 Å². The zero-order valence-electron chi connectivity index (χ0n) is 8.78. The molecule has 0 aliphatic rings. The molecule has 0 spiro atoms. The van der Waals surface area contributed by atoms with Crippen LogP contribution in [-0.2, 0) is 10.3 Å². The van der Waals surface area contributed by atoms with Crippen LogP contribution in [0.25, 0.3) is 0 Å². The minimum atomic E-state index is -0.131. The lowest BCUT2D eigenvalue weighted by molar-refractivity contribution is 0.0963.